The average molecular weight is 312 g/mol. The summed E-state index contributed by atoms with van der Waals surface area (Å²) in [6, 6.07) is 8.30. The van der Waals surface area contributed by atoms with Crippen LogP contribution in [0.4, 0.5) is 0 Å². The third-order valence-corrected chi connectivity index (χ3v) is 4.33. The van der Waals surface area contributed by atoms with Gasteiger partial charge in [-0.1, -0.05) is 17.7 Å². The second-order valence-electron chi connectivity index (χ2n) is 6.09. The smallest absolute Gasteiger partial charge is 0.272 e. The summed E-state index contributed by atoms with van der Waals surface area (Å²) in [6.07, 6.45) is 4.21. The van der Waals surface area contributed by atoms with Gasteiger partial charge in [-0.05, 0) is 51.8 Å². The van der Waals surface area contributed by atoms with Gasteiger partial charge in [0.2, 0.25) is 0 Å². The molecule has 1 aromatic carbocycles. The lowest BCUT2D eigenvalue weighted by Crippen LogP contribution is -2.31. The van der Waals surface area contributed by atoms with Gasteiger partial charge in [-0.15, -0.1) is 0 Å². The van der Waals surface area contributed by atoms with E-state index in [0.29, 0.717) is 12.2 Å². The molecular weight excluding hydrogens is 288 g/mol. The third kappa shape index (κ3) is 3.29. The molecule has 23 heavy (non-hydrogen) atoms. The number of aromatic nitrogens is 2. The van der Waals surface area contributed by atoms with Crippen LogP contribution in [0.15, 0.2) is 24.3 Å². The number of hydrogen-bond donors (Lipinski definition) is 2. The van der Waals surface area contributed by atoms with Crippen molar-refractivity contribution in [3.63, 3.8) is 0 Å². The molecule has 0 radical (unpaired) electrons. The lowest BCUT2D eigenvalue weighted by Gasteiger charge is -2.14. The highest BCUT2D eigenvalue weighted by atomic mass is 16.1. The molecule has 1 aliphatic carbocycles. The first-order chi connectivity index (χ1) is 11.2. The minimum absolute atomic E-state index is 0.0655. The number of benzene rings is 1. The number of hydrogen-bond acceptors (Lipinski definition) is 3. The normalized spacial score (nSPS) is 13.7. The number of carbonyl (C=O) groups is 1. The fourth-order valence-electron chi connectivity index (χ4n) is 3.07. The summed E-state index contributed by atoms with van der Waals surface area (Å²) < 4.78 is 1.96. The Morgan fingerprint density at radius 2 is 1.91 bits per heavy atom. The van der Waals surface area contributed by atoms with Crippen LogP contribution in [0.25, 0.3) is 5.69 Å². The molecule has 1 aliphatic rings. The molecule has 0 atom stereocenters. The van der Waals surface area contributed by atoms with Crippen LogP contribution in [-0.2, 0) is 12.8 Å². The highest BCUT2D eigenvalue weighted by Crippen LogP contribution is 2.27. The van der Waals surface area contributed by atoms with Crippen LogP contribution < -0.4 is 10.6 Å². The number of rotatable bonds is 5. The number of fused-ring (bicyclic) bond motifs is 1. The van der Waals surface area contributed by atoms with Crippen molar-refractivity contribution in [2.75, 3.05) is 20.1 Å². The van der Waals surface area contributed by atoms with Crippen LogP contribution in [0.1, 0.15) is 40.2 Å². The van der Waals surface area contributed by atoms with Gasteiger partial charge in [-0.25, -0.2) is 4.68 Å². The largest absolute Gasteiger partial charge is 0.349 e. The van der Waals surface area contributed by atoms with Gasteiger partial charge in [0.25, 0.3) is 5.91 Å². The van der Waals surface area contributed by atoms with Crippen molar-refractivity contribution in [2.24, 2.45) is 0 Å². The zero-order valence-electron chi connectivity index (χ0n) is 13.9. The molecule has 1 heterocycles. The van der Waals surface area contributed by atoms with Crippen molar-refractivity contribution < 1.29 is 4.79 Å². The number of likely N-dealkylation sites (N-methyl/N-ethyl adjacent to an activating group) is 1. The molecule has 122 valence electrons. The van der Waals surface area contributed by atoms with Crippen molar-refractivity contribution in [2.45, 2.75) is 32.6 Å². The number of nitrogens with zero attached hydrogens (tertiary/aromatic N) is 2. The molecule has 0 unspecified atom stereocenters. The van der Waals surface area contributed by atoms with Crippen molar-refractivity contribution in [1.29, 1.82) is 0 Å². The topological polar surface area (TPSA) is 58.9 Å². The molecule has 5 heteroatoms. The Labute approximate surface area is 137 Å². The number of nitrogens with one attached hydrogen (secondary N) is 2. The summed E-state index contributed by atoms with van der Waals surface area (Å²) in [4.78, 5) is 12.5. The highest BCUT2D eigenvalue weighted by Gasteiger charge is 2.25. The van der Waals surface area contributed by atoms with Gasteiger partial charge in [0.15, 0.2) is 5.69 Å². The summed E-state index contributed by atoms with van der Waals surface area (Å²) in [5.41, 5.74) is 5.16. The van der Waals surface area contributed by atoms with Crippen LogP contribution in [0.3, 0.4) is 0 Å². The first-order valence-electron chi connectivity index (χ1n) is 8.31. The first-order valence-corrected chi connectivity index (χ1v) is 8.31. The van der Waals surface area contributed by atoms with Gasteiger partial charge in [0, 0.05) is 24.3 Å². The molecule has 2 aromatic rings. The summed E-state index contributed by atoms with van der Waals surface area (Å²) in [5, 5.41) is 10.6. The van der Waals surface area contributed by atoms with Gasteiger partial charge < -0.3 is 10.6 Å². The van der Waals surface area contributed by atoms with Gasteiger partial charge >= 0.3 is 0 Å². The molecule has 3 rings (SSSR count). The summed E-state index contributed by atoms with van der Waals surface area (Å²) >= 11 is 0. The molecular formula is C18H24N4O. The van der Waals surface area contributed by atoms with Crippen molar-refractivity contribution >= 4 is 5.91 Å². The van der Waals surface area contributed by atoms with Crippen LogP contribution in [0.2, 0.25) is 0 Å². The van der Waals surface area contributed by atoms with E-state index in [2.05, 4.69) is 46.9 Å². The fraction of sp³-hybridized carbons (Fsp3) is 0.444. The van der Waals surface area contributed by atoms with E-state index < -0.39 is 0 Å². The average Bonchev–Trinajstić information content (AvgIpc) is 2.95. The Morgan fingerprint density at radius 3 is 2.65 bits per heavy atom. The maximum absolute atomic E-state index is 12.5. The van der Waals surface area contributed by atoms with Gasteiger partial charge in [0.1, 0.15) is 0 Å². The minimum atomic E-state index is -0.0655. The Kier molecular flexibility index (Phi) is 4.76. The zero-order valence-corrected chi connectivity index (χ0v) is 13.9. The lowest BCUT2D eigenvalue weighted by molar-refractivity contribution is 0.0947. The van der Waals surface area contributed by atoms with Crippen molar-refractivity contribution in [3.05, 3.63) is 46.8 Å². The molecule has 0 bridgehead atoms. The van der Waals surface area contributed by atoms with Crippen LogP contribution in [0, 0.1) is 6.92 Å². The Balaban J connectivity index is 1.94. The second kappa shape index (κ2) is 6.96. The van der Waals surface area contributed by atoms with E-state index in [4.69, 9.17) is 0 Å². The third-order valence-electron chi connectivity index (χ3n) is 4.33. The van der Waals surface area contributed by atoms with E-state index in [9.17, 15) is 4.79 Å². The summed E-state index contributed by atoms with van der Waals surface area (Å²) in [6.45, 7) is 3.44. The van der Waals surface area contributed by atoms with E-state index >= 15 is 0 Å². The molecule has 2 N–H and O–H groups in total. The zero-order chi connectivity index (χ0) is 16.2. The predicted octanol–water partition coefficient (Wildman–Crippen LogP) is 2.01. The maximum Gasteiger partial charge on any atom is 0.272 e. The Bertz CT molecular complexity index is 688. The minimum Gasteiger partial charge on any atom is -0.349 e. The summed E-state index contributed by atoms with van der Waals surface area (Å²) in [7, 11) is 1.88. The van der Waals surface area contributed by atoms with Crippen molar-refractivity contribution in [1.82, 2.24) is 20.4 Å². The Hall–Kier alpha value is -2.14. The van der Waals surface area contributed by atoms with Crippen molar-refractivity contribution in [3.8, 4) is 5.69 Å². The van der Waals surface area contributed by atoms with E-state index in [-0.39, 0.29) is 5.91 Å². The van der Waals surface area contributed by atoms with E-state index in [1.165, 1.54) is 11.3 Å². The molecule has 0 saturated heterocycles. The molecule has 1 amide bonds. The van der Waals surface area contributed by atoms with Crippen LogP contribution in [-0.4, -0.2) is 35.8 Å². The van der Waals surface area contributed by atoms with Gasteiger partial charge in [-0.3, -0.25) is 4.79 Å². The number of carbonyl (C=O) groups excluding carboxylic acids is 1. The lowest BCUT2D eigenvalue weighted by atomic mass is 9.95. The standard InChI is InChI=1S/C18H24N4O/c1-13-7-9-14(10-8-13)22-16-6-4-3-5-15(16)17(21-22)18(23)20-12-11-19-2/h7-10,19H,3-6,11-12H2,1-2H3,(H,20,23). The summed E-state index contributed by atoms with van der Waals surface area (Å²) in [5.74, 6) is -0.0655. The van der Waals surface area contributed by atoms with Crippen LogP contribution >= 0.6 is 0 Å². The molecule has 0 saturated carbocycles. The SMILES string of the molecule is CNCCNC(=O)c1nn(-c2ccc(C)cc2)c2c1CCCC2. The molecule has 0 fully saturated rings. The maximum atomic E-state index is 12.5. The van der Waals surface area contributed by atoms with E-state index in [1.807, 2.05) is 11.7 Å². The molecule has 5 nitrogen and oxygen atoms in total. The fourth-order valence-corrected chi connectivity index (χ4v) is 3.07. The number of aryl methyl sites for hydroxylation is 1. The predicted molar refractivity (Wildman–Crippen MR) is 91.2 cm³/mol. The number of amides is 1. The highest BCUT2D eigenvalue weighted by molar-refractivity contribution is 5.94. The molecule has 0 aliphatic heterocycles. The molecule has 1 aromatic heterocycles. The van der Waals surface area contributed by atoms with Crippen LogP contribution in [0.5, 0.6) is 0 Å². The second-order valence-corrected chi connectivity index (χ2v) is 6.09. The van der Waals surface area contributed by atoms with Gasteiger partial charge in [0.05, 0.1) is 5.69 Å². The van der Waals surface area contributed by atoms with E-state index in [0.717, 1.165) is 43.5 Å². The van der Waals surface area contributed by atoms with E-state index in [1.54, 1.807) is 0 Å². The first kappa shape index (κ1) is 15.7. The van der Waals surface area contributed by atoms with Gasteiger partial charge in [-0.2, -0.15) is 5.10 Å². The Morgan fingerprint density at radius 1 is 1.17 bits per heavy atom. The monoisotopic (exact) mass is 312 g/mol. The quantitative estimate of drug-likeness (QED) is 0.830. The molecule has 0 spiro atoms.